The van der Waals surface area contributed by atoms with Crippen LogP contribution in [0.3, 0.4) is 0 Å². The summed E-state index contributed by atoms with van der Waals surface area (Å²) in [5.41, 5.74) is 0.718. The maximum Gasteiger partial charge on any atom is 2.00 e. The van der Waals surface area contributed by atoms with Crippen molar-refractivity contribution in [3.05, 3.63) is 35.4 Å². The first-order valence-electron chi connectivity index (χ1n) is 3.14. The van der Waals surface area contributed by atoms with Gasteiger partial charge in [-0.1, -0.05) is 12.1 Å². The maximum absolute atomic E-state index is 10.8. The maximum atomic E-state index is 10.8. The number of benzene rings is 1. The number of hydrogen-bond acceptors (Lipinski definition) is 3. The van der Waals surface area contributed by atoms with Crippen molar-refractivity contribution < 1.29 is 17.2 Å². The fourth-order valence-corrected chi connectivity index (χ4v) is 1.03. The Morgan fingerprint density at radius 1 is 1.00 bits per heavy atom. The zero-order valence-corrected chi connectivity index (χ0v) is 7.66. The Balaban J connectivity index is 0. The standard InChI is InChI=1S/C8H4O3.Mg.2H/c9-7-5-3-1-2-4-6(5)8(10)11-7;;;/h1-4H;;;/q;+2;2*-1. The molecule has 4 heteroatoms. The van der Waals surface area contributed by atoms with E-state index >= 15 is 0 Å². The fraction of sp³-hybridized carbons (Fsp3) is 0. The average Bonchev–Trinajstić information content (AvgIpc) is 2.30. The molecule has 0 bridgehead atoms. The van der Waals surface area contributed by atoms with Crippen molar-refractivity contribution in [2.75, 3.05) is 0 Å². The third kappa shape index (κ3) is 1.23. The van der Waals surface area contributed by atoms with Crippen molar-refractivity contribution in [1.29, 1.82) is 0 Å². The normalized spacial score (nSPS) is 13.3. The summed E-state index contributed by atoms with van der Waals surface area (Å²) < 4.78 is 4.35. The molecule has 0 unspecified atom stereocenters. The Kier molecular flexibility index (Phi) is 2.49. The molecule has 1 aromatic carbocycles. The average molecular weight is 174 g/mol. The van der Waals surface area contributed by atoms with E-state index in [2.05, 4.69) is 4.74 Å². The van der Waals surface area contributed by atoms with Gasteiger partial charge in [0, 0.05) is 0 Å². The van der Waals surface area contributed by atoms with Gasteiger partial charge in [0.2, 0.25) is 0 Å². The van der Waals surface area contributed by atoms with E-state index < -0.39 is 11.9 Å². The van der Waals surface area contributed by atoms with Crippen molar-refractivity contribution in [2.24, 2.45) is 0 Å². The summed E-state index contributed by atoms with van der Waals surface area (Å²) in [6.07, 6.45) is 0. The Hall–Kier alpha value is -0.874. The van der Waals surface area contributed by atoms with Gasteiger partial charge in [-0.05, 0) is 12.1 Å². The van der Waals surface area contributed by atoms with E-state index in [0.29, 0.717) is 11.1 Å². The summed E-state index contributed by atoms with van der Waals surface area (Å²) in [5, 5.41) is 0. The van der Waals surface area contributed by atoms with Crippen LogP contribution >= 0.6 is 0 Å². The topological polar surface area (TPSA) is 43.4 Å². The van der Waals surface area contributed by atoms with Crippen LogP contribution in [0.5, 0.6) is 0 Å². The van der Waals surface area contributed by atoms with Gasteiger partial charge >= 0.3 is 35.0 Å². The minimum Gasteiger partial charge on any atom is -1.00 e. The molecule has 0 N–H and O–H groups in total. The van der Waals surface area contributed by atoms with Crippen LogP contribution in [0.25, 0.3) is 0 Å². The molecule has 12 heavy (non-hydrogen) atoms. The molecule has 0 radical (unpaired) electrons. The number of fused-ring (bicyclic) bond motifs is 1. The van der Waals surface area contributed by atoms with Crippen LogP contribution in [-0.4, -0.2) is 35.0 Å². The number of hydrogen-bond donors (Lipinski definition) is 0. The summed E-state index contributed by atoms with van der Waals surface area (Å²) in [4.78, 5) is 21.7. The summed E-state index contributed by atoms with van der Waals surface area (Å²) in [7, 11) is 0. The Morgan fingerprint density at radius 2 is 1.42 bits per heavy atom. The second-order valence-electron chi connectivity index (χ2n) is 2.22. The van der Waals surface area contributed by atoms with E-state index in [-0.39, 0.29) is 25.9 Å². The van der Waals surface area contributed by atoms with Crippen LogP contribution in [0.15, 0.2) is 24.3 Å². The van der Waals surface area contributed by atoms with Gasteiger partial charge in [0.05, 0.1) is 11.1 Å². The van der Waals surface area contributed by atoms with E-state index in [1.807, 2.05) is 0 Å². The quantitative estimate of drug-likeness (QED) is 0.333. The van der Waals surface area contributed by atoms with Gasteiger partial charge in [-0.25, -0.2) is 9.59 Å². The molecule has 1 aliphatic rings. The number of esters is 2. The SMILES string of the molecule is O=C1OC(=O)c2ccccc21.[H-].[H-].[Mg+2]. The first-order valence-corrected chi connectivity index (χ1v) is 3.14. The zero-order chi connectivity index (χ0) is 7.84. The zero-order valence-electron chi connectivity index (χ0n) is 8.24. The molecule has 0 atom stereocenters. The van der Waals surface area contributed by atoms with Gasteiger partial charge in [0.25, 0.3) is 0 Å². The van der Waals surface area contributed by atoms with Crippen LogP contribution in [0.1, 0.15) is 23.6 Å². The molecule has 0 fully saturated rings. The molecule has 58 valence electrons. The number of carbonyl (C=O) groups is 2. The van der Waals surface area contributed by atoms with Crippen LogP contribution < -0.4 is 0 Å². The summed E-state index contributed by atoms with van der Waals surface area (Å²) >= 11 is 0. The van der Waals surface area contributed by atoms with Crippen LogP contribution in [-0.2, 0) is 4.74 Å². The van der Waals surface area contributed by atoms with E-state index in [9.17, 15) is 9.59 Å². The Labute approximate surface area is 87.8 Å². The molecule has 1 aromatic rings. The molecule has 3 nitrogen and oxygen atoms in total. The number of rotatable bonds is 0. The first kappa shape index (κ1) is 9.22. The van der Waals surface area contributed by atoms with Crippen molar-refractivity contribution in [3.8, 4) is 0 Å². The van der Waals surface area contributed by atoms with Crippen LogP contribution in [0.2, 0.25) is 0 Å². The second-order valence-corrected chi connectivity index (χ2v) is 2.22. The fourth-order valence-electron chi connectivity index (χ4n) is 1.03. The molecule has 0 aliphatic carbocycles. The van der Waals surface area contributed by atoms with E-state index in [1.165, 1.54) is 0 Å². The van der Waals surface area contributed by atoms with E-state index in [1.54, 1.807) is 24.3 Å². The van der Waals surface area contributed by atoms with Gasteiger partial charge in [0.1, 0.15) is 0 Å². The minimum atomic E-state index is -0.550. The van der Waals surface area contributed by atoms with Crippen molar-refractivity contribution >= 4 is 35.0 Å². The smallest absolute Gasteiger partial charge is 1.00 e. The van der Waals surface area contributed by atoms with Crippen molar-refractivity contribution in [2.45, 2.75) is 0 Å². The molecular formula is C8H6MgO3. The third-order valence-corrected chi connectivity index (χ3v) is 1.55. The van der Waals surface area contributed by atoms with Gasteiger partial charge in [-0.3, -0.25) is 0 Å². The Morgan fingerprint density at radius 3 is 1.83 bits per heavy atom. The van der Waals surface area contributed by atoms with Crippen LogP contribution in [0, 0.1) is 0 Å². The molecule has 0 amide bonds. The van der Waals surface area contributed by atoms with Crippen molar-refractivity contribution in [3.63, 3.8) is 0 Å². The minimum absolute atomic E-state index is 0. The van der Waals surface area contributed by atoms with Gasteiger partial charge in [-0.2, -0.15) is 0 Å². The third-order valence-electron chi connectivity index (χ3n) is 1.55. The van der Waals surface area contributed by atoms with E-state index in [4.69, 9.17) is 0 Å². The molecule has 2 rings (SSSR count). The molecule has 1 heterocycles. The van der Waals surface area contributed by atoms with E-state index in [0.717, 1.165) is 0 Å². The summed E-state index contributed by atoms with van der Waals surface area (Å²) in [6.45, 7) is 0. The number of ether oxygens (including phenoxy) is 1. The molecule has 1 aliphatic heterocycles. The number of carbonyl (C=O) groups excluding carboxylic acids is 2. The molecule has 0 saturated carbocycles. The predicted octanol–water partition coefficient (Wildman–Crippen LogP) is 0.841. The molecule has 0 aromatic heterocycles. The predicted molar refractivity (Wildman–Crippen MR) is 44.2 cm³/mol. The molecule has 0 spiro atoms. The van der Waals surface area contributed by atoms with Gasteiger partial charge in [0.15, 0.2) is 0 Å². The summed E-state index contributed by atoms with van der Waals surface area (Å²) in [6, 6.07) is 6.53. The van der Waals surface area contributed by atoms with Crippen LogP contribution in [0.4, 0.5) is 0 Å². The Bertz CT molecular complexity index is 321. The summed E-state index contributed by atoms with van der Waals surface area (Å²) in [5.74, 6) is -1.10. The van der Waals surface area contributed by atoms with Gasteiger partial charge < -0.3 is 7.59 Å². The molecule has 0 saturated heterocycles. The van der Waals surface area contributed by atoms with Crippen molar-refractivity contribution in [1.82, 2.24) is 0 Å². The number of cyclic esters (lactones) is 2. The second kappa shape index (κ2) is 3.24. The molecular weight excluding hydrogens is 168 g/mol. The van der Waals surface area contributed by atoms with Gasteiger partial charge in [-0.15, -0.1) is 0 Å². The first-order chi connectivity index (χ1) is 5.29. The monoisotopic (exact) mass is 174 g/mol. The largest absolute Gasteiger partial charge is 2.00 e.